The molecule has 1 aliphatic heterocycles. The molecule has 1 saturated carbocycles. The van der Waals surface area contributed by atoms with Gasteiger partial charge in [-0.2, -0.15) is 13.5 Å². The van der Waals surface area contributed by atoms with Gasteiger partial charge in [-0.05, 0) is 79.8 Å². The molecule has 0 bridgehead atoms. The van der Waals surface area contributed by atoms with Crippen molar-refractivity contribution in [3.8, 4) is 17.1 Å². The highest BCUT2D eigenvalue weighted by molar-refractivity contribution is 7.89. The summed E-state index contributed by atoms with van der Waals surface area (Å²) >= 11 is -1.63. The van der Waals surface area contributed by atoms with E-state index in [0.717, 1.165) is 85.2 Å². The lowest BCUT2D eigenvalue weighted by Gasteiger charge is -2.47. The van der Waals surface area contributed by atoms with Gasteiger partial charge >= 0.3 is 12.5 Å². The van der Waals surface area contributed by atoms with Gasteiger partial charge in [0.1, 0.15) is 29.2 Å². The third kappa shape index (κ3) is 5.41. The van der Waals surface area contributed by atoms with E-state index in [2.05, 4.69) is 30.8 Å². The average molecular weight is 620 g/mol. The van der Waals surface area contributed by atoms with Crippen LogP contribution in [0.5, 0.6) is 5.75 Å². The molecule has 3 aliphatic rings. The average Bonchev–Trinajstić information content (AvgIpc) is 3.74. The minimum Gasteiger partial charge on any atom is -0.593 e. The second-order valence-corrected chi connectivity index (χ2v) is 13.0. The highest BCUT2D eigenvalue weighted by atomic mass is 32.2. The first kappa shape index (κ1) is 28.7. The third-order valence-electron chi connectivity index (χ3n) is 8.81. The lowest BCUT2D eigenvalue weighted by Crippen LogP contribution is -2.42. The molecule has 1 aromatic carbocycles. The zero-order valence-corrected chi connectivity index (χ0v) is 25.1. The van der Waals surface area contributed by atoms with Crippen molar-refractivity contribution in [2.75, 3.05) is 24.2 Å². The predicted molar refractivity (Wildman–Crippen MR) is 163 cm³/mol. The predicted octanol–water partition coefficient (Wildman–Crippen LogP) is 6.17. The number of carbonyl (C=O) groups excluding carboxylic acids is 1. The molecule has 2 fully saturated rings. The monoisotopic (exact) mass is 619 g/mol. The summed E-state index contributed by atoms with van der Waals surface area (Å²) in [6, 6.07) is 10.5. The minimum absolute atomic E-state index is 0.0876. The first-order valence-electron chi connectivity index (χ1n) is 14.6. The number of nitrogens with one attached hydrogen (secondary N) is 1. The van der Waals surface area contributed by atoms with Crippen LogP contribution in [-0.4, -0.2) is 51.5 Å². The van der Waals surface area contributed by atoms with E-state index >= 15 is 0 Å². The van der Waals surface area contributed by atoms with Crippen molar-refractivity contribution in [3.63, 3.8) is 0 Å². The number of carbonyl (C=O) groups is 1. The lowest BCUT2D eigenvalue weighted by atomic mass is 9.63. The quantitative estimate of drug-likeness (QED) is 0.233. The van der Waals surface area contributed by atoms with Gasteiger partial charge in [-0.1, -0.05) is 17.3 Å². The van der Waals surface area contributed by atoms with E-state index in [1.165, 1.54) is 11.8 Å². The van der Waals surface area contributed by atoms with Crippen LogP contribution in [0.3, 0.4) is 0 Å². The van der Waals surface area contributed by atoms with Crippen molar-refractivity contribution in [1.82, 2.24) is 19.8 Å². The number of pyridine rings is 2. The summed E-state index contributed by atoms with van der Waals surface area (Å²) in [6.07, 6.45) is 10.6. The Balaban J connectivity index is 1.12. The van der Waals surface area contributed by atoms with Gasteiger partial charge in [-0.15, -0.1) is 0 Å². The number of anilines is 1. The Morgan fingerprint density at radius 2 is 1.98 bits per heavy atom. The summed E-state index contributed by atoms with van der Waals surface area (Å²) in [5.74, 6) is 0.525. The molecule has 9 nitrogen and oxygen atoms in total. The number of fused-ring (bicyclic) bond motifs is 1. The number of ether oxygens (including phenoxy) is 1. The van der Waals surface area contributed by atoms with E-state index in [-0.39, 0.29) is 16.9 Å². The Kier molecular flexibility index (Phi) is 7.28. The first-order valence-corrected chi connectivity index (χ1v) is 16.2. The number of allylic oxidation sites excluding steroid dienone is 2. The summed E-state index contributed by atoms with van der Waals surface area (Å²) in [4.78, 5) is 23.5. The number of piperidine rings is 1. The second kappa shape index (κ2) is 11.2. The third-order valence-corrected chi connectivity index (χ3v) is 9.28. The van der Waals surface area contributed by atoms with Gasteiger partial charge in [-0.25, -0.2) is 4.98 Å². The maximum Gasteiger partial charge on any atom is 0.387 e. The smallest absolute Gasteiger partial charge is 0.387 e. The number of rotatable bonds is 8. The molecular formula is C32H31F2N5O4S. The zero-order valence-electron chi connectivity index (χ0n) is 24.3. The molecule has 1 amide bonds. The fourth-order valence-electron chi connectivity index (χ4n) is 6.42. The first-order chi connectivity index (χ1) is 21.2. The van der Waals surface area contributed by atoms with Crippen LogP contribution in [0.15, 0.2) is 53.2 Å². The number of aryl methyl sites for hydroxylation is 1. The summed E-state index contributed by atoms with van der Waals surface area (Å²) < 4.78 is 51.0. The van der Waals surface area contributed by atoms with Gasteiger partial charge in [0.15, 0.2) is 0 Å². The normalized spacial score (nSPS) is 18.3. The van der Waals surface area contributed by atoms with E-state index in [1.54, 1.807) is 18.3 Å². The highest BCUT2D eigenvalue weighted by Gasteiger charge is 2.44. The van der Waals surface area contributed by atoms with Crippen LogP contribution in [0, 0.1) is 12.3 Å². The molecule has 3 aromatic heterocycles. The topological polar surface area (TPSA) is 116 Å². The minimum atomic E-state index is -3.08. The van der Waals surface area contributed by atoms with Crippen molar-refractivity contribution in [1.29, 1.82) is 0 Å². The maximum absolute atomic E-state index is 13.3. The van der Waals surface area contributed by atoms with Crippen molar-refractivity contribution < 1.29 is 27.4 Å². The van der Waals surface area contributed by atoms with Crippen molar-refractivity contribution >= 4 is 39.4 Å². The standard InChI is InChI=1S/C32H31F2N5O4S/c1-18-4-3-11-35-27(18)28-26(29(43-37-28)19-5-6-19)20-16-32(17-20)9-12-39(13-10-32)21-7-8-23-22(14-21)25(42-31(33)34)15-24(36-23)30(40)38-44(2)41/h3-4,7-8,11,14-16,19,31H,5-6,9-10,12-13,17H2,1-2H3,(H,38,40). The van der Waals surface area contributed by atoms with Crippen LogP contribution >= 0.6 is 0 Å². The highest BCUT2D eigenvalue weighted by Crippen LogP contribution is 2.55. The molecule has 44 heavy (non-hydrogen) atoms. The summed E-state index contributed by atoms with van der Waals surface area (Å²) in [7, 11) is 0. The molecule has 12 heteroatoms. The molecule has 1 atom stereocenters. The Hall–Kier alpha value is -4.03. The van der Waals surface area contributed by atoms with Gasteiger partial charge in [-0.3, -0.25) is 9.78 Å². The van der Waals surface area contributed by atoms with Crippen molar-refractivity contribution in [2.45, 2.75) is 51.6 Å². The van der Waals surface area contributed by atoms with E-state index in [0.29, 0.717) is 16.8 Å². The number of nitrogens with zero attached hydrogens (tertiary/aromatic N) is 4. The molecule has 1 saturated heterocycles. The Morgan fingerprint density at radius 3 is 2.66 bits per heavy atom. The van der Waals surface area contributed by atoms with E-state index in [1.807, 2.05) is 25.1 Å². The Labute approximate surface area is 256 Å². The van der Waals surface area contributed by atoms with Gasteiger partial charge in [0.05, 0.1) is 28.1 Å². The SMILES string of the molecule is Cc1cccnc1-c1noc(C2CC2)c1C1=CC2(CCN(c3ccc4nc(C(=O)N[S+](C)[O-])cc(OC(F)F)c4c3)CC2)C1. The molecule has 2 aliphatic carbocycles. The van der Waals surface area contributed by atoms with E-state index in [9.17, 15) is 18.1 Å². The van der Waals surface area contributed by atoms with Crippen LogP contribution in [0.2, 0.25) is 0 Å². The zero-order chi connectivity index (χ0) is 30.6. The fourth-order valence-corrected chi connectivity index (χ4v) is 6.78. The fraction of sp³-hybridized carbons (Fsp3) is 0.375. The molecule has 7 rings (SSSR count). The van der Waals surface area contributed by atoms with E-state index < -0.39 is 23.9 Å². The van der Waals surface area contributed by atoms with Crippen LogP contribution in [0.1, 0.15) is 65.4 Å². The molecule has 1 unspecified atom stereocenters. The molecule has 228 valence electrons. The number of aromatic nitrogens is 3. The molecule has 4 heterocycles. The van der Waals surface area contributed by atoms with Gasteiger partial charge in [0.2, 0.25) is 0 Å². The molecule has 1 spiro atoms. The number of alkyl halides is 2. The lowest BCUT2D eigenvalue weighted by molar-refractivity contribution is -0.0488. The summed E-state index contributed by atoms with van der Waals surface area (Å²) in [6.45, 7) is 0.549. The maximum atomic E-state index is 13.3. The van der Waals surface area contributed by atoms with Crippen molar-refractivity contribution in [3.05, 3.63) is 71.3 Å². The number of halogens is 2. The Morgan fingerprint density at radius 1 is 1.20 bits per heavy atom. The summed E-state index contributed by atoms with van der Waals surface area (Å²) in [5, 5.41) is 4.86. The van der Waals surface area contributed by atoms with Gasteiger partial charge in [0.25, 0.3) is 0 Å². The van der Waals surface area contributed by atoms with E-state index in [4.69, 9.17) is 9.26 Å². The van der Waals surface area contributed by atoms with Gasteiger partial charge < -0.3 is 18.7 Å². The van der Waals surface area contributed by atoms with Crippen LogP contribution in [0.25, 0.3) is 27.9 Å². The van der Waals surface area contributed by atoms with Crippen molar-refractivity contribution in [2.24, 2.45) is 5.41 Å². The van der Waals surface area contributed by atoms with Gasteiger partial charge in [0, 0.05) is 42.3 Å². The number of benzene rings is 1. The largest absolute Gasteiger partial charge is 0.593 e. The number of amides is 1. The van der Waals surface area contributed by atoms with Crippen LogP contribution in [0.4, 0.5) is 14.5 Å². The molecule has 1 N–H and O–H groups in total. The molecule has 4 aromatic rings. The van der Waals surface area contributed by atoms with Crippen LogP contribution in [-0.2, 0) is 11.4 Å². The molecular weight excluding hydrogens is 588 g/mol. The summed E-state index contributed by atoms with van der Waals surface area (Å²) in [5.41, 5.74) is 6.30. The Bertz CT molecular complexity index is 1780. The second-order valence-electron chi connectivity index (χ2n) is 11.9. The van der Waals surface area contributed by atoms with Crippen LogP contribution < -0.4 is 14.4 Å². The number of hydrogen-bond acceptors (Lipinski definition) is 8. The molecule has 0 radical (unpaired) electrons. The number of hydrogen-bond donors (Lipinski definition) is 1.